The Bertz CT molecular complexity index is 753. The predicted octanol–water partition coefficient (Wildman–Crippen LogP) is 2.68. The van der Waals surface area contributed by atoms with Crippen LogP contribution >= 0.6 is 0 Å². The number of hydrogen-bond acceptors (Lipinski definition) is 6. The first-order chi connectivity index (χ1) is 12.7. The number of pyridine rings is 1. The van der Waals surface area contributed by atoms with E-state index in [9.17, 15) is 9.59 Å². The summed E-state index contributed by atoms with van der Waals surface area (Å²) in [6, 6.07) is 9.82. The van der Waals surface area contributed by atoms with Crippen LogP contribution in [0.25, 0.3) is 0 Å². The molecular weight excluding hydrogens is 336 g/mol. The Labute approximate surface area is 151 Å². The maximum Gasteiger partial charge on any atom is 0.338 e. The van der Waals surface area contributed by atoms with Crippen LogP contribution in [-0.2, 0) is 9.47 Å². The van der Waals surface area contributed by atoms with Crippen LogP contribution in [0.3, 0.4) is 0 Å². The van der Waals surface area contributed by atoms with Crippen molar-refractivity contribution in [3.8, 4) is 5.88 Å². The van der Waals surface area contributed by atoms with Gasteiger partial charge in [0.25, 0.3) is 5.91 Å². The molecule has 3 rings (SSSR count). The summed E-state index contributed by atoms with van der Waals surface area (Å²) in [5.74, 6) is -0.217. The van der Waals surface area contributed by atoms with Crippen LogP contribution < -0.4 is 10.1 Å². The summed E-state index contributed by atoms with van der Waals surface area (Å²) in [6.07, 6.45) is 2.32. The normalized spacial score (nSPS) is 16.1. The van der Waals surface area contributed by atoms with Gasteiger partial charge in [0.1, 0.15) is 6.10 Å². The van der Waals surface area contributed by atoms with E-state index in [0.29, 0.717) is 42.5 Å². The average Bonchev–Trinajstić information content (AvgIpc) is 3.16. The maximum absolute atomic E-state index is 12.3. The summed E-state index contributed by atoms with van der Waals surface area (Å²) in [6.45, 7) is 3.32. The van der Waals surface area contributed by atoms with Gasteiger partial charge >= 0.3 is 5.97 Å². The molecule has 1 aromatic carbocycles. The number of esters is 1. The molecule has 1 saturated heterocycles. The van der Waals surface area contributed by atoms with Gasteiger partial charge < -0.3 is 19.5 Å². The highest BCUT2D eigenvalue weighted by molar-refractivity contribution is 6.04. The fraction of sp³-hybridized carbons (Fsp3) is 0.316. The molecule has 1 fully saturated rings. The van der Waals surface area contributed by atoms with Crippen LogP contribution in [0.2, 0.25) is 0 Å². The van der Waals surface area contributed by atoms with Gasteiger partial charge in [-0.1, -0.05) is 0 Å². The summed E-state index contributed by atoms with van der Waals surface area (Å²) < 4.78 is 15.8. The van der Waals surface area contributed by atoms with Crippen molar-refractivity contribution in [1.29, 1.82) is 0 Å². The van der Waals surface area contributed by atoms with E-state index in [1.54, 1.807) is 43.3 Å². The molecule has 7 heteroatoms. The molecule has 2 aromatic rings. The second-order valence-electron chi connectivity index (χ2n) is 5.74. The Kier molecular flexibility index (Phi) is 5.80. The number of hydrogen-bond donors (Lipinski definition) is 1. The third-order valence-corrected chi connectivity index (χ3v) is 3.83. The second kappa shape index (κ2) is 8.44. The summed E-state index contributed by atoms with van der Waals surface area (Å²) in [7, 11) is 0. The molecule has 2 heterocycles. The lowest BCUT2D eigenvalue weighted by Gasteiger charge is -2.11. The molecular formula is C19H20N2O5. The summed E-state index contributed by atoms with van der Waals surface area (Å²) in [5.41, 5.74) is 1.42. The topological polar surface area (TPSA) is 86.8 Å². The molecule has 1 N–H and O–H groups in total. The minimum absolute atomic E-state index is 0.0140. The van der Waals surface area contributed by atoms with Gasteiger partial charge in [-0.3, -0.25) is 4.79 Å². The van der Waals surface area contributed by atoms with Crippen molar-refractivity contribution >= 4 is 17.6 Å². The molecule has 1 amide bonds. The number of nitrogens with one attached hydrogen (secondary N) is 1. The summed E-state index contributed by atoms with van der Waals surface area (Å²) in [5, 5.41) is 2.76. The molecule has 0 aliphatic carbocycles. The third kappa shape index (κ3) is 4.58. The molecule has 1 unspecified atom stereocenters. The number of nitrogens with zero attached hydrogens (tertiary/aromatic N) is 1. The van der Waals surface area contributed by atoms with Crippen molar-refractivity contribution in [2.45, 2.75) is 19.4 Å². The summed E-state index contributed by atoms with van der Waals surface area (Å²) in [4.78, 5) is 28.1. The van der Waals surface area contributed by atoms with Crippen LogP contribution in [0.5, 0.6) is 5.88 Å². The molecule has 0 radical (unpaired) electrons. The highest BCUT2D eigenvalue weighted by Crippen LogP contribution is 2.16. The first-order valence-corrected chi connectivity index (χ1v) is 8.44. The van der Waals surface area contributed by atoms with Crippen molar-refractivity contribution in [1.82, 2.24) is 4.98 Å². The minimum Gasteiger partial charge on any atom is -0.472 e. The van der Waals surface area contributed by atoms with E-state index >= 15 is 0 Å². The number of carbonyl (C=O) groups is 2. The Balaban J connectivity index is 1.58. The van der Waals surface area contributed by atoms with Crippen molar-refractivity contribution in [2.75, 3.05) is 25.1 Å². The van der Waals surface area contributed by atoms with Gasteiger partial charge in [0.05, 0.1) is 30.9 Å². The lowest BCUT2D eigenvalue weighted by Crippen LogP contribution is -2.17. The first-order valence-electron chi connectivity index (χ1n) is 8.44. The lowest BCUT2D eigenvalue weighted by molar-refractivity contribution is 0.0526. The number of amides is 1. The van der Waals surface area contributed by atoms with Gasteiger partial charge in [-0.15, -0.1) is 0 Å². The quantitative estimate of drug-likeness (QED) is 0.801. The van der Waals surface area contributed by atoms with E-state index in [-0.39, 0.29) is 12.0 Å². The largest absolute Gasteiger partial charge is 0.472 e. The first kappa shape index (κ1) is 17.9. The maximum atomic E-state index is 12.3. The standard InChI is InChI=1S/C19H20N2O5/c1-2-25-19(23)13-3-6-15(7-4-13)21-18(22)14-5-8-17(20-11-14)26-16-9-10-24-12-16/h3-8,11,16H,2,9-10,12H2,1H3,(H,21,22). The van der Waals surface area contributed by atoms with E-state index in [4.69, 9.17) is 14.2 Å². The van der Waals surface area contributed by atoms with Gasteiger partial charge in [0.15, 0.2) is 0 Å². The van der Waals surface area contributed by atoms with E-state index in [0.717, 1.165) is 6.42 Å². The van der Waals surface area contributed by atoms with Crippen molar-refractivity contribution in [3.05, 3.63) is 53.7 Å². The van der Waals surface area contributed by atoms with Gasteiger partial charge in [0.2, 0.25) is 5.88 Å². The Morgan fingerprint density at radius 3 is 2.58 bits per heavy atom. The minimum atomic E-state index is -0.391. The highest BCUT2D eigenvalue weighted by atomic mass is 16.5. The van der Waals surface area contributed by atoms with Gasteiger partial charge in [-0.25, -0.2) is 9.78 Å². The number of anilines is 1. The zero-order valence-corrected chi connectivity index (χ0v) is 14.4. The van der Waals surface area contributed by atoms with Gasteiger partial charge in [-0.05, 0) is 37.3 Å². The van der Waals surface area contributed by atoms with Gasteiger partial charge in [0, 0.05) is 24.4 Å². The molecule has 1 aliphatic heterocycles. The molecule has 0 saturated carbocycles. The fourth-order valence-corrected chi connectivity index (χ4v) is 2.47. The van der Waals surface area contributed by atoms with Crippen molar-refractivity contribution < 1.29 is 23.8 Å². The van der Waals surface area contributed by atoms with Crippen molar-refractivity contribution in [2.24, 2.45) is 0 Å². The molecule has 1 aliphatic rings. The smallest absolute Gasteiger partial charge is 0.338 e. The molecule has 0 bridgehead atoms. The lowest BCUT2D eigenvalue weighted by atomic mass is 10.2. The van der Waals surface area contributed by atoms with Crippen LogP contribution in [0.1, 0.15) is 34.1 Å². The zero-order valence-electron chi connectivity index (χ0n) is 14.4. The Morgan fingerprint density at radius 2 is 1.96 bits per heavy atom. The number of aromatic nitrogens is 1. The molecule has 0 spiro atoms. The SMILES string of the molecule is CCOC(=O)c1ccc(NC(=O)c2ccc(OC3CCOC3)nc2)cc1. The van der Waals surface area contributed by atoms with E-state index in [2.05, 4.69) is 10.3 Å². The van der Waals surface area contributed by atoms with Crippen LogP contribution in [-0.4, -0.2) is 42.8 Å². The number of rotatable bonds is 6. The van der Waals surface area contributed by atoms with E-state index in [1.807, 2.05) is 0 Å². The molecule has 1 atom stereocenters. The van der Waals surface area contributed by atoms with E-state index < -0.39 is 5.97 Å². The summed E-state index contributed by atoms with van der Waals surface area (Å²) >= 11 is 0. The third-order valence-electron chi connectivity index (χ3n) is 3.83. The van der Waals surface area contributed by atoms with Crippen LogP contribution in [0.15, 0.2) is 42.6 Å². The van der Waals surface area contributed by atoms with E-state index in [1.165, 1.54) is 6.20 Å². The number of ether oxygens (including phenoxy) is 3. The number of carbonyl (C=O) groups excluding carboxylic acids is 2. The molecule has 136 valence electrons. The molecule has 26 heavy (non-hydrogen) atoms. The molecule has 1 aromatic heterocycles. The van der Waals surface area contributed by atoms with Crippen molar-refractivity contribution in [3.63, 3.8) is 0 Å². The fourth-order valence-electron chi connectivity index (χ4n) is 2.47. The highest BCUT2D eigenvalue weighted by Gasteiger charge is 2.18. The monoisotopic (exact) mass is 356 g/mol. The molecule has 7 nitrogen and oxygen atoms in total. The second-order valence-corrected chi connectivity index (χ2v) is 5.74. The Hall–Kier alpha value is -2.93. The van der Waals surface area contributed by atoms with Gasteiger partial charge in [-0.2, -0.15) is 0 Å². The van der Waals surface area contributed by atoms with Crippen LogP contribution in [0, 0.1) is 0 Å². The predicted molar refractivity (Wildman–Crippen MR) is 94.4 cm³/mol. The van der Waals surface area contributed by atoms with Crippen LogP contribution in [0.4, 0.5) is 5.69 Å². The Morgan fingerprint density at radius 1 is 1.19 bits per heavy atom. The zero-order chi connectivity index (χ0) is 18.4. The number of benzene rings is 1. The average molecular weight is 356 g/mol.